The third-order valence-electron chi connectivity index (χ3n) is 3.44. The van der Waals surface area contributed by atoms with Crippen LogP contribution in [0.25, 0.3) is 0 Å². The van der Waals surface area contributed by atoms with Crippen molar-refractivity contribution in [2.75, 3.05) is 0 Å². The maximum Gasteiger partial charge on any atom is 0.161 e. The van der Waals surface area contributed by atoms with Gasteiger partial charge in [-0.3, -0.25) is 0 Å². The van der Waals surface area contributed by atoms with Gasteiger partial charge in [-0.25, -0.2) is 13.2 Å². The van der Waals surface area contributed by atoms with Crippen molar-refractivity contribution in [1.29, 1.82) is 0 Å². The first-order valence-electron chi connectivity index (χ1n) is 6.18. The summed E-state index contributed by atoms with van der Waals surface area (Å²) < 4.78 is 39.1. The fourth-order valence-corrected chi connectivity index (χ4v) is 2.28. The fraction of sp³-hybridized carbons (Fsp3) is 0.538. The van der Waals surface area contributed by atoms with Crippen LogP contribution in [0.4, 0.5) is 13.2 Å². The van der Waals surface area contributed by atoms with Gasteiger partial charge in [-0.05, 0) is 31.7 Å². The molecule has 0 unspecified atom stereocenters. The maximum absolute atomic E-state index is 13.4. The Bertz CT molecular complexity index is 415. The molecule has 0 aliphatic heterocycles. The number of benzene rings is 1. The summed E-state index contributed by atoms with van der Waals surface area (Å²) in [6, 6.07) is 2.02. The van der Waals surface area contributed by atoms with Crippen molar-refractivity contribution in [3.05, 3.63) is 35.1 Å². The molecule has 100 valence electrons. The van der Waals surface area contributed by atoms with E-state index in [-0.39, 0.29) is 24.2 Å². The molecule has 0 amide bonds. The first kappa shape index (κ1) is 13.4. The molecule has 0 spiro atoms. The van der Waals surface area contributed by atoms with Gasteiger partial charge >= 0.3 is 0 Å². The minimum atomic E-state index is -1.15. The van der Waals surface area contributed by atoms with Crippen LogP contribution in [0.3, 0.4) is 0 Å². The smallest absolute Gasteiger partial charge is 0.161 e. The Balaban J connectivity index is 1.92. The van der Waals surface area contributed by atoms with Gasteiger partial charge in [0.25, 0.3) is 0 Å². The zero-order valence-corrected chi connectivity index (χ0v) is 10.1. The molecule has 1 aromatic rings. The molecule has 1 saturated carbocycles. The predicted octanol–water partition coefficient (Wildman–Crippen LogP) is 2.46. The van der Waals surface area contributed by atoms with Crippen molar-refractivity contribution in [2.24, 2.45) is 5.73 Å². The van der Waals surface area contributed by atoms with Gasteiger partial charge in [0.05, 0.1) is 0 Å². The molecule has 2 nitrogen and oxygen atoms in total. The normalized spacial score (nSPS) is 24.2. The molecule has 0 aromatic heterocycles. The third kappa shape index (κ3) is 3.23. The Labute approximate surface area is 104 Å². The molecule has 1 fully saturated rings. The molecule has 2 rings (SSSR count). The quantitative estimate of drug-likeness (QED) is 0.817. The summed E-state index contributed by atoms with van der Waals surface area (Å²) in [6.07, 6.45) is 3.76. The zero-order valence-electron chi connectivity index (χ0n) is 10.1. The summed E-state index contributed by atoms with van der Waals surface area (Å²) in [6.45, 7) is 0.211. The molecule has 0 saturated heterocycles. The van der Waals surface area contributed by atoms with E-state index in [0.29, 0.717) is 6.07 Å². The highest BCUT2D eigenvalue weighted by Crippen LogP contribution is 2.18. The van der Waals surface area contributed by atoms with Crippen LogP contribution in [0.5, 0.6) is 0 Å². The summed E-state index contributed by atoms with van der Waals surface area (Å²) in [7, 11) is 0. The van der Waals surface area contributed by atoms with Crippen LogP contribution in [-0.2, 0) is 6.54 Å². The van der Waals surface area contributed by atoms with Crippen LogP contribution >= 0.6 is 0 Å². The molecule has 0 atom stereocenters. The highest BCUT2D eigenvalue weighted by Gasteiger charge is 2.18. The van der Waals surface area contributed by atoms with E-state index in [2.05, 4.69) is 5.32 Å². The molecule has 0 bridgehead atoms. The highest BCUT2D eigenvalue weighted by molar-refractivity contribution is 5.20. The lowest BCUT2D eigenvalue weighted by Gasteiger charge is -2.27. The van der Waals surface area contributed by atoms with E-state index in [1.54, 1.807) is 0 Å². The molecule has 5 heteroatoms. The molecule has 0 radical (unpaired) electrons. The van der Waals surface area contributed by atoms with Crippen LogP contribution in [-0.4, -0.2) is 12.1 Å². The van der Waals surface area contributed by atoms with Crippen LogP contribution in [0, 0.1) is 17.5 Å². The summed E-state index contributed by atoms with van der Waals surface area (Å²) in [4.78, 5) is 0. The van der Waals surface area contributed by atoms with Crippen molar-refractivity contribution in [3.63, 3.8) is 0 Å². The van der Waals surface area contributed by atoms with E-state index in [1.807, 2.05) is 0 Å². The number of nitrogens with one attached hydrogen (secondary N) is 1. The van der Waals surface area contributed by atoms with E-state index in [1.165, 1.54) is 0 Å². The number of hydrogen-bond donors (Lipinski definition) is 2. The Morgan fingerprint density at radius 3 is 2.28 bits per heavy atom. The van der Waals surface area contributed by atoms with E-state index in [0.717, 1.165) is 31.7 Å². The monoisotopic (exact) mass is 258 g/mol. The van der Waals surface area contributed by atoms with Gasteiger partial charge in [0.2, 0.25) is 0 Å². The van der Waals surface area contributed by atoms with Crippen LogP contribution < -0.4 is 11.1 Å². The average molecular weight is 258 g/mol. The van der Waals surface area contributed by atoms with Crippen molar-refractivity contribution >= 4 is 0 Å². The Hall–Kier alpha value is -1.07. The SMILES string of the molecule is NC1CCC(NCc2cc(F)c(F)cc2F)CC1. The van der Waals surface area contributed by atoms with Gasteiger partial charge in [-0.2, -0.15) is 0 Å². The summed E-state index contributed by atoms with van der Waals surface area (Å²) in [5, 5.41) is 3.16. The Morgan fingerprint density at radius 2 is 1.61 bits per heavy atom. The molecule has 1 aliphatic rings. The summed E-state index contributed by atoms with van der Waals surface area (Å²) in [5.74, 6) is -2.88. The van der Waals surface area contributed by atoms with E-state index < -0.39 is 17.5 Å². The van der Waals surface area contributed by atoms with Crippen LogP contribution in [0.1, 0.15) is 31.2 Å². The predicted molar refractivity (Wildman–Crippen MR) is 63.4 cm³/mol. The minimum Gasteiger partial charge on any atom is -0.328 e. The lowest BCUT2D eigenvalue weighted by atomic mass is 9.92. The van der Waals surface area contributed by atoms with E-state index in [9.17, 15) is 13.2 Å². The second-order valence-electron chi connectivity index (χ2n) is 4.85. The highest BCUT2D eigenvalue weighted by atomic mass is 19.2. The number of rotatable bonds is 3. The number of nitrogens with two attached hydrogens (primary N) is 1. The largest absolute Gasteiger partial charge is 0.328 e. The van der Waals surface area contributed by atoms with Gasteiger partial charge in [-0.15, -0.1) is 0 Å². The van der Waals surface area contributed by atoms with Crippen molar-refractivity contribution in [2.45, 2.75) is 44.3 Å². The van der Waals surface area contributed by atoms with E-state index >= 15 is 0 Å². The Morgan fingerprint density at radius 1 is 1.00 bits per heavy atom. The van der Waals surface area contributed by atoms with Gasteiger partial charge < -0.3 is 11.1 Å². The number of halogens is 3. The fourth-order valence-electron chi connectivity index (χ4n) is 2.28. The summed E-state index contributed by atoms with van der Waals surface area (Å²) >= 11 is 0. The third-order valence-corrected chi connectivity index (χ3v) is 3.44. The second-order valence-corrected chi connectivity index (χ2v) is 4.85. The molecular formula is C13H17F3N2. The molecule has 1 aliphatic carbocycles. The minimum absolute atomic E-state index is 0.156. The summed E-state index contributed by atoms with van der Waals surface area (Å²) in [5.41, 5.74) is 5.94. The van der Waals surface area contributed by atoms with Gasteiger partial charge in [0.15, 0.2) is 11.6 Å². The van der Waals surface area contributed by atoms with Crippen molar-refractivity contribution < 1.29 is 13.2 Å². The lowest BCUT2D eigenvalue weighted by Crippen LogP contribution is -2.37. The molecule has 3 N–H and O–H groups in total. The first-order chi connectivity index (χ1) is 8.56. The van der Waals surface area contributed by atoms with Gasteiger partial charge in [-0.1, -0.05) is 0 Å². The number of hydrogen-bond acceptors (Lipinski definition) is 2. The zero-order chi connectivity index (χ0) is 13.1. The topological polar surface area (TPSA) is 38.0 Å². The Kier molecular flexibility index (Phi) is 4.24. The van der Waals surface area contributed by atoms with Gasteiger partial charge in [0.1, 0.15) is 5.82 Å². The van der Waals surface area contributed by atoms with Crippen LogP contribution in [0.2, 0.25) is 0 Å². The average Bonchev–Trinajstić information content (AvgIpc) is 2.34. The maximum atomic E-state index is 13.4. The standard InChI is InChI=1S/C13H17F3N2/c14-11-6-13(16)12(15)5-8(11)7-18-10-3-1-9(17)2-4-10/h5-6,9-10,18H,1-4,7,17H2. The molecule has 1 aromatic carbocycles. The van der Waals surface area contributed by atoms with Crippen molar-refractivity contribution in [3.8, 4) is 0 Å². The lowest BCUT2D eigenvalue weighted by molar-refractivity contribution is 0.339. The molecular weight excluding hydrogens is 241 g/mol. The van der Waals surface area contributed by atoms with Gasteiger partial charge in [0, 0.05) is 30.3 Å². The van der Waals surface area contributed by atoms with Crippen LogP contribution in [0.15, 0.2) is 12.1 Å². The van der Waals surface area contributed by atoms with E-state index in [4.69, 9.17) is 5.73 Å². The second kappa shape index (κ2) is 5.71. The molecule has 18 heavy (non-hydrogen) atoms. The molecule has 0 heterocycles. The first-order valence-corrected chi connectivity index (χ1v) is 6.18. The van der Waals surface area contributed by atoms with Crippen molar-refractivity contribution in [1.82, 2.24) is 5.32 Å².